The van der Waals surface area contributed by atoms with E-state index < -0.39 is 0 Å². The molecule has 0 saturated heterocycles. The van der Waals surface area contributed by atoms with Gasteiger partial charge in [-0.2, -0.15) is 0 Å². The number of thiophene rings is 1. The van der Waals surface area contributed by atoms with Crippen LogP contribution in [0.15, 0.2) is 52.6 Å². The molecule has 0 spiro atoms. The molecule has 0 aliphatic rings. The first-order valence-corrected chi connectivity index (χ1v) is 8.87. The standard InChI is InChI=1S/C17H16BrN3OS/c1-2-3-7-21-13-9-16(18)23-15(13)8-14(21)17(22)20-11-12-5-4-6-19-10-12/h2-6,8-10H,7,11H2,1H3,(H,20,22)/b3-2+. The number of aromatic nitrogens is 2. The number of pyridine rings is 1. The molecule has 6 heteroatoms. The lowest BCUT2D eigenvalue weighted by Crippen LogP contribution is -2.25. The van der Waals surface area contributed by atoms with Crippen LogP contribution in [0.25, 0.3) is 10.2 Å². The SMILES string of the molecule is C/C=C/Cn1c(C(=O)NCc2cccnc2)cc2sc(Br)cc21. The molecule has 0 unspecified atom stereocenters. The van der Waals surface area contributed by atoms with Crippen molar-refractivity contribution in [3.8, 4) is 0 Å². The molecule has 118 valence electrons. The quantitative estimate of drug-likeness (QED) is 0.658. The van der Waals surface area contributed by atoms with E-state index in [0.29, 0.717) is 18.8 Å². The Morgan fingerprint density at radius 1 is 1.48 bits per heavy atom. The molecule has 3 rings (SSSR count). The second kappa shape index (κ2) is 7.10. The summed E-state index contributed by atoms with van der Waals surface area (Å²) in [6.07, 6.45) is 7.52. The van der Waals surface area contributed by atoms with Gasteiger partial charge in [0.15, 0.2) is 0 Å². The van der Waals surface area contributed by atoms with Gasteiger partial charge in [0.2, 0.25) is 0 Å². The predicted molar refractivity (Wildman–Crippen MR) is 97.7 cm³/mol. The minimum atomic E-state index is -0.0714. The number of nitrogens with one attached hydrogen (secondary N) is 1. The molecule has 1 amide bonds. The first-order chi connectivity index (χ1) is 11.2. The summed E-state index contributed by atoms with van der Waals surface area (Å²) in [6.45, 7) is 3.13. The molecule has 0 bridgehead atoms. The summed E-state index contributed by atoms with van der Waals surface area (Å²) in [7, 11) is 0. The average Bonchev–Trinajstić information content (AvgIpc) is 3.08. The fraction of sp³-hybridized carbons (Fsp3) is 0.176. The highest BCUT2D eigenvalue weighted by molar-refractivity contribution is 9.11. The Hall–Kier alpha value is -1.92. The number of rotatable bonds is 5. The Labute approximate surface area is 147 Å². The van der Waals surface area contributed by atoms with E-state index in [1.54, 1.807) is 23.7 Å². The lowest BCUT2D eigenvalue weighted by molar-refractivity contribution is 0.0942. The van der Waals surface area contributed by atoms with Gasteiger partial charge < -0.3 is 9.88 Å². The molecule has 0 saturated carbocycles. The summed E-state index contributed by atoms with van der Waals surface area (Å²) in [5.74, 6) is -0.0714. The van der Waals surface area contributed by atoms with Crippen LogP contribution in [0.2, 0.25) is 0 Å². The number of amides is 1. The Balaban J connectivity index is 1.85. The number of nitrogens with zero attached hydrogens (tertiary/aromatic N) is 2. The lowest BCUT2D eigenvalue weighted by Gasteiger charge is -2.09. The minimum absolute atomic E-state index is 0.0714. The molecule has 0 aromatic carbocycles. The maximum absolute atomic E-state index is 12.6. The molecule has 4 nitrogen and oxygen atoms in total. The van der Waals surface area contributed by atoms with Crippen molar-refractivity contribution in [1.29, 1.82) is 0 Å². The maximum atomic E-state index is 12.6. The van der Waals surface area contributed by atoms with Gasteiger partial charge in [0, 0.05) is 25.5 Å². The number of hydrogen-bond acceptors (Lipinski definition) is 3. The number of allylic oxidation sites excluding steroid dienone is 2. The van der Waals surface area contributed by atoms with E-state index in [2.05, 4.69) is 32.3 Å². The van der Waals surface area contributed by atoms with Crippen LogP contribution >= 0.6 is 27.3 Å². The fourth-order valence-electron chi connectivity index (χ4n) is 2.38. The highest BCUT2D eigenvalue weighted by atomic mass is 79.9. The van der Waals surface area contributed by atoms with Crippen LogP contribution < -0.4 is 5.32 Å². The largest absolute Gasteiger partial charge is 0.347 e. The summed E-state index contributed by atoms with van der Waals surface area (Å²) in [5, 5.41) is 2.97. The summed E-state index contributed by atoms with van der Waals surface area (Å²) >= 11 is 5.14. The Bertz CT molecular complexity index is 851. The third kappa shape index (κ3) is 3.54. The van der Waals surface area contributed by atoms with E-state index in [1.807, 2.05) is 41.8 Å². The molecule has 1 N–H and O–H groups in total. The second-order valence-corrected chi connectivity index (χ2v) is 7.52. The summed E-state index contributed by atoms with van der Waals surface area (Å²) in [5.41, 5.74) is 2.74. The van der Waals surface area contributed by atoms with Gasteiger partial charge in [-0.05, 0) is 46.6 Å². The minimum Gasteiger partial charge on any atom is -0.347 e. The number of fused-ring (bicyclic) bond motifs is 1. The molecule has 0 radical (unpaired) electrons. The zero-order valence-electron chi connectivity index (χ0n) is 12.6. The molecule has 0 aliphatic carbocycles. The van der Waals surface area contributed by atoms with Crippen LogP contribution in [0.4, 0.5) is 0 Å². The first-order valence-electron chi connectivity index (χ1n) is 7.26. The van der Waals surface area contributed by atoms with Crippen molar-refractivity contribution < 1.29 is 4.79 Å². The molecule has 0 fully saturated rings. The topological polar surface area (TPSA) is 46.9 Å². The smallest absolute Gasteiger partial charge is 0.268 e. The normalized spacial score (nSPS) is 11.4. The Kier molecular flexibility index (Phi) is 4.93. The number of hydrogen-bond donors (Lipinski definition) is 1. The van der Waals surface area contributed by atoms with E-state index in [1.165, 1.54) is 0 Å². The third-order valence-electron chi connectivity index (χ3n) is 3.49. The average molecular weight is 390 g/mol. The van der Waals surface area contributed by atoms with E-state index in [0.717, 1.165) is 19.6 Å². The monoisotopic (exact) mass is 389 g/mol. The molecule has 0 atom stereocenters. The molecule has 3 heterocycles. The fourth-order valence-corrected chi connectivity index (χ4v) is 3.95. The van der Waals surface area contributed by atoms with Crippen molar-refractivity contribution >= 4 is 43.4 Å². The zero-order valence-corrected chi connectivity index (χ0v) is 15.0. The van der Waals surface area contributed by atoms with Crippen LogP contribution in [0.3, 0.4) is 0 Å². The van der Waals surface area contributed by atoms with Crippen LogP contribution in [-0.4, -0.2) is 15.5 Å². The first kappa shape index (κ1) is 16.0. The van der Waals surface area contributed by atoms with Gasteiger partial charge in [0.05, 0.1) is 14.0 Å². The highest BCUT2D eigenvalue weighted by Gasteiger charge is 2.16. The maximum Gasteiger partial charge on any atom is 0.268 e. The lowest BCUT2D eigenvalue weighted by atomic mass is 10.3. The number of carbonyl (C=O) groups is 1. The van der Waals surface area contributed by atoms with Gasteiger partial charge in [-0.25, -0.2) is 0 Å². The molecule has 23 heavy (non-hydrogen) atoms. The van der Waals surface area contributed by atoms with Crippen molar-refractivity contribution in [3.63, 3.8) is 0 Å². The Morgan fingerprint density at radius 2 is 2.35 bits per heavy atom. The van der Waals surface area contributed by atoms with E-state index in [4.69, 9.17) is 0 Å². The third-order valence-corrected chi connectivity index (χ3v) is 5.07. The highest BCUT2D eigenvalue weighted by Crippen LogP contribution is 2.32. The summed E-state index contributed by atoms with van der Waals surface area (Å²) < 4.78 is 4.21. The van der Waals surface area contributed by atoms with Crippen LogP contribution in [0.1, 0.15) is 23.0 Å². The molecular formula is C17H16BrN3OS. The second-order valence-electron chi connectivity index (χ2n) is 5.05. The number of carbonyl (C=O) groups excluding carboxylic acids is 1. The molecule has 3 aromatic rings. The van der Waals surface area contributed by atoms with Crippen molar-refractivity contribution in [2.45, 2.75) is 20.0 Å². The number of halogens is 1. The van der Waals surface area contributed by atoms with Crippen LogP contribution in [0, 0.1) is 0 Å². The summed E-state index contributed by atoms with van der Waals surface area (Å²) in [6, 6.07) is 7.82. The molecular weight excluding hydrogens is 374 g/mol. The zero-order chi connectivity index (χ0) is 16.2. The van der Waals surface area contributed by atoms with Gasteiger partial charge >= 0.3 is 0 Å². The van der Waals surface area contributed by atoms with Gasteiger partial charge in [0.1, 0.15) is 5.69 Å². The van der Waals surface area contributed by atoms with Gasteiger partial charge in [0.25, 0.3) is 5.91 Å². The van der Waals surface area contributed by atoms with Crippen LogP contribution in [0.5, 0.6) is 0 Å². The Morgan fingerprint density at radius 3 is 3.09 bits per heavy atom. The van der Waals surface area contributed by atoms with Gasteiger partial charge in [-0.15, -0.1) is 11.3 Å². The predicted octanol–water partition coefficient (Wildman–Crippen LogP) is 4.37. The van der Waals surface area contributed by atoms with Crippen molar-refractivity contribution in [2.75, 3.05) is 0 Å². The van der Waals surface area contributed by atoms with Gasteiger partial charge in [-0.1, -0.05) is 18.2 Å². The van der Waals surface area contributed by atoms with E-state index in [-0.39, 0.29) is 5.91 Å². The van der Waals surface area contributed by atoms with E-state index >= 15 is 0 Å². The molecule has 0 aliphatic heterocycles. The van der Waals surface area contributed by atoms with Gasteiger partial charge in [-0.3, -0.25) is 9.78 Å². The van der Waals surface area contributed by atoms with Crippen molar-refractivity contribution in [2.24, 2.45) is 0 Å². The van der Waals surface area contributed by atoms with Crippen molar-refractivity contribution in [1.82, 2.24) is 14.9 Å². The summed E-state index contributed by atoms with van der Waals surface area (Å²) in [4.78, 5) is 16.6. The molecule has 3 aromatic heterocycles. The van der Waals surface area contributed by atoms with Crippen LogP contribution in [-0.2, 0) is 13.1 Å². The van der Waals surface area contributed by atoms with Crippen molar-refractivity contribution in [3.05, 3.63) is 63.9 Å². The van der Waals surface area contributed by atoms with E-state index in [9.17, 15) is 4.79 Å².